The second-order valence-corrected chi connectivity index (χ2v) is 6.81. The van der Waals surface area contributed by atoms with Crippen molar-refractivity contribution in [1.82, 2.24) is 4.90 Å². The monoisotopic (exact) mass is 336 g/mol. The molecule has 0 aliphatic heterocycles. The summed E-state index contributed by atoms with van der Waals surface area (Å²) in [5, 5.41) is 13.1. The molecule has 124 valence electrons. The summed E-state index contributed by atoms with van der Waals surface area (Å²) in [7, 11) is 0. The highest BCUT2D eigenvalue weighted by molar-refractivity contribution is 7.18. The maximum atomic E-state index is 12.5. The first-order valence-corrected chi connectivity index (χ1v) is 8.08. The first kappa shape index (κ1) is 17.2. The molecule has 0 unspecified atom stereocenters. The van der Waals surface area contributed by atoms with E-state index in [0.29, 0.717) is 16.4 Å². The fraction of sp³-hybridized carbons (Fsp3) is 0.375. The Morgan fingerprint density at radius 2 is 2.09 bits per heavy atom. The summed E-state index contributed by atoms with van der Waals surface area (Å²) in [5.74, 6) is -0.318. The Balaban J connectivity index is 2.06. The van der Waals surface area contributed by atoms with Crippen LogP contribution in [0.2, 0.25) is 0 Å². The van der Waals surface area contributed by atoms with Crippen LogP contribution < -0.4 is 5.32 Å². The number of hydrogen-bond donors (Lipinski definition) is 2. The lowest BCUT2D eigenvalue weighted by molar-refractivity contribution is 0.0317. The molecule has 2 rings (SSSR count). The third-order valence-electron chi connectivity index (χ3n) is 3.05. The standard InChI is InChI=1S/C16H20N2O4S/c1-4-18(10-16(2,3)21)15(20)12-7-8-13(23-12)17-14(19)11-6-5-9-22-11/h5-9,21H,4,10H2,1-3H3,(H,17,19). The number of carbonyl (C=O) groups excluding carboxylic acids is 2. The molecule has 7 heteroatoms. The molecule has 0 aliphatic carbocycles. The Bertz CT molecular complexity index is 671. The number of likely N-dealkylation sites (N-methyl/N-ethyl adjacent to an activating group) is 1. The molecule has 0 spiro atoms. The van der Waals surface area contributed by atoms with Crippen LogP contribution in [0, 0.1) is 0 Å². The van der Waals surface area contributed by atoms with Gasteiger partial charge < -0.3 is 19.7 Å². The SMILES string of the molecule is CCN(CC(C)(C)O)C(=O)c1ccc(NC(=O)c2ccco2)s1. The topological polar surface area (TPSA) is 82.8 Å². The van der Waals surface area contributed by atoms with Gasteiger partial charge in [0.25, 0.3) is 11.8 Å². The predicted molar refractivity (Wildman–Crippen MR) is 88.9 cm³/mol. The minimum Gasteiger partial charge on any atom is -0.459 e. The average Bonchev–Trinajstić information content (AvgIpc) is 3.14. The van der Waals surface area contributed by atoms with Crippen molar-refractivity contribution in [1.29, 1.82) is 0 Å². The first-order valence-electron chi connectivity index (χ1n) is 7.26. The van der Waals surface area contributed by atoms with E-state index < -0.39 is 5.60 Å². The van der Waals surface area contributed by atoms with E-state index in [0.717, 1.165) is 0 Å². The van der Waals surface area contributed by atoms with Crippen LogP contribution in [0.1, 0.15) is 41.0 Å². The predicted octanol–water partition coefficient (Wildman–Crippen LogP) is 2.83. The summed E-state index contributed by atoms with van der Waals surface area (Å²) in [6.45, 7) is 5.92. The molecule has 6 nitrogen and oxygen atoms in total. The molecule has 2 aromatic rings. The molecule has 0 saturated heterocycles. The van der Waals surface area contributed by atoms with Gasteiger partial charge in [0, 0.05) is 13.1 Å². The van der Waals surface area contributed by atoms with E-state index >= 15 is 0 Å². The van der Waals surface area contributed by atoms with E-state index in [4.69, 9.17) is 4.42 Å². The number of rotatable bonds is 6. The van der Waals surface area contributed by atoms with Gasteiger partial charge in [-0.2, -0.15) is 0 Å². The minimum atomic E-state index is -0.959. The lowest BCUT2D eigenvalue weighted by Crippen LogP contribution is -2.41. The Hall–Kier alpha value is -2.12. The van der Waals surface area contributed by atoms with Crippen molar-refractivity contribution in [2.45, 2.75) is 26.4 Å². The molecule has 0 fully saturated rings. The third kappa shape index (κ3) is 4.67. The van der Waals surface area contributed by atoms with Gasteiger partial charge in [0.05, 0.1) is 21.7 Å². The van der Waals surface area contributed by atoms with Gasteiger partial charge in [0.1, 0.15) is 0 Å². The van der Waals surface area contributed by atoms with E-state index in [2.05, 4.69) is 5.32 Å². The van der Waals surface area contributed by atoms with Crippen LogP contribution in [0.3, 0.4) is 0 Å². The number of thiophene rings is 1. The van der Waals surface area contributed by atoms with Crippen LogP contribution in [0.15, 0.2) is 34.9 Å². The zero-order valence-electron chi connectivity index (χ0n) is 13.3. The largest absolute Gasteiger partial charge is 0.459 e. The van der Waals surface area contributed by atoms with Gasteiger partial charge in [-0.1, -0.05) is 0 Å². The summed E-state index contributed by atoms with van der Waals surface area (Å²) in [6.07, 6.45) is 1.42. The molecule has 0 saturated carbocycles. The van der Waals surface area contributed by atoms with Crippen LogP contribution in [-0.2, 0) is 0 Å². The third-order valence-corrected chi connectivity index (χ3v) is 4.03. The smallest absolute Gasteiger partial charge is 0.291 e. The van der Waals surface area contributed by atoms with E-state index in [-0.39, 0.29) is 24.1 Å². The number of aliphatic hydroxyl groups is 1. The molecule has 0 radical (unpaired) electrons. The van der Waals surface area contributed by atoms with Crippen molar-refractivity contribution in [2.24, 2.45) is 0 Å². The van der Waals surface area contributed by atoms with E-state index in [1.54, 1.807) is 43.0 Å². The fourth-order valence-corrected chi connectivity index (χ4v) is 2.92. The number of nitrogens with zero attached hydrogens (tertiary/aromatic N) is 1. The maximum Gasteiger partial charge on any atom is 0.291 e. The second kappa shape index (κ2) is 6.97. The quantitative estimate of drug-likeness (QED) is 0.850. The van der Waals surface area contributed by atoms with Crippen LogP contribution in [0.5, 0.6) is 0 Å². The zero-order valence-corrected chi connectivity index (χ0v) is 14.1. The van der Waals surface area contributed by atoms with Crippen LogP contribution in [0.25, 0.3) is 0 Å². The molecule has 0 atom stereocenters. The summed E-state index contributed by atoms with van der Waals surface area (Å²) in [5.41, 5.74) is -0.959. The second-order valence-electron chi connectivity index (χ2n) is 5.73. The van der Waals surface area contributed by atoms with Gasteiger partial charge >= 0.3 is 0 Å². The highest BCUT2D eigenvalue weighted by Gasteiger charge is 2.23. The number of hydrogen-bond acceptors (Lipinski definition) is 5. The number of furan rings is 1. The molecule has 2 amide bonds. The minimum absolute atomic E-state index is 0.168. The number of carbonyl (C=O) groups is 2. The van der Waals surface area contributed by atoms with Gasteiger partial charge in [-0.05, 0) is 45.0 Å². The van der Waals surface area contributed by atoms with Gasteiger partial charge in [-0.25, -0.2) is 0 Å². The van der Waals surface area contributed by atoms with Crippen molar-refractivity contribution < 1.29 is 19.1 Å². The van der Waals surface area contributed by atoms with Crippen molar-refractivity contribution in [3.63, 3.8) is 0 Å². The average molecular weight is 336 g/mol. The van der Waals surface area contributed by atoms with Crippen molar-refractivity contribution in [3.05, 3.63) is 41.2 Å². The lowest BCUT2D eigenvalue weighted by atomic mass is 10.1. The Morgan fingerprint density at radius 3 is 2.65 bits per heavy atom. The molecular weight excluding hydrogens is 316 g/mol. The van der Waals surface area contributed by atoms with Crippen molar-refractivity contribution >= 4 is 28.2 Å². The fourth-order valence-electron chi connectivity index (χ4n) is 2.05. The lowest BCUT2D eigenvalue weighted by Gasteiger charge is -2.27. The summed E-state index contributed by atoms with van der Waals surface area (Å²) in [4.78, 5) is 26.5. The summed E-state index contributed by atoms with van der Waals surface area (Å²) < 4.78 is 5.02. The first-order chi connectivity index (χ1) is 10.8. The highest BCUT2D eigenvalue weighted by atomic mass is 32.1. The van der Waals surface area contributed by atoms with Gasteiger partial charge in [-0.3, -0.25) is 9.59 Å². The van der Waals surface area contributed by atoms with Crippen LogP contribution >= 0.6 is 11.3 Å². The zero-order chi connectivity index (χ0) is 17.0. The number of amides is 2. The van der Waals surface area contributed by atoms with E-state index in [1.807, 2.05) is 6.92 Å². The molecular formula is C16H20N2O4S. The van der Waals surface area contributed by atoms with Crippen molar-refractivity contribution in [3.8, 4) is 0 Å². The van der Waals surface area contributed by atoms with Crippen molar-refractivity contribution in [2.75, 3.05) is 18.4 Å². The summed E-state index contributed by atoms with van der Waals surface area (Å²) >= 11 is 1.19. The van der Waals surface area contributed by atoms with Gasteiger partial charge in [0.15, 0.2) is 5.76 Å². The number of anilines is 1. The molecule has 0 bridgehead atoms. The molecule has 2 N–H and O–H groups in total. The normalized spacial score (nSPS) is 11.3. The number of nitrogens with one attached hydrogen (secondary N) is 1. The van der Waals surface area contributed by atoms with Crippen LogP contribution in [0.4, 0.5) is 5.00 Å². The molecule has 0 aliphatic rings. The molecule has 2 aromatic heterocycles. The summed E-state index contributed by atoms with van der Waals surface area (Å²) in [6, 6.07) is 6.54. The van der Waals surface area contributed by atoms with Crippen LogP contribution in [-0.4, -0.2) is 40.5 Å². The Labute approximate surface area is 138 Å². The Kier molecular flexibility index (Phi) is 5.23. The molecule has 23 heavy (non-hydrogen) atoms. The van der Waals surface area contributed by atoms with E-state index in [9.17, 15) is 14.7 Å². The Morgan fingerprint density at radius 1 is 1.35 bits per heavy atom. The molecule has 2 heterocycles. The van der Waals surface area contributed by atoms with Gasteiger partial charge in [0.2, 0.25) is 0 Å². The highest BCUT2D eigenvalue weighted by Crippen LogP contribution is 2.24. The maximum absolute atomic E-state index is 12.5. The van der Waals surface area contributed by atoms with Gasteiger partial charge in [-0.15, -0.1) is 11.3 Å². The molecule has 0 aromatic carbocycles. The van der Waals surface area contributed by atoms with E-state index in [1.165, 1.54) is 17.6 Å².